The molecule has 0 saturated heterocycles. The van der Waals surface area contributed by atoms with Gasteiger partial charge in [0.2, 0.25) is 0 Å². The summed E-state index contributed by atoms with van der Waals surface area (Å²) in [6.45, 7) is 0.655. The molecule has 1 aliphatic rings. The number of thioether (sulfide) groups is 1. The Bertz CT molecular complexity index is 386. The number of nitrogens with one attached hydrogen (secondary N) is 1. The molecule has 1 saturated carbocycles. The van der Waals surface area contributed by atoms with Crippen molar-refractivity contribution >= 4 is 23.4 Å². The molecule has 1 fully saturated rings. The van der Waals surface area contributed by atoms with Gasteiger partial charge in [-0.1, -0.05) is 23.7 Å². The predicted octanol–water partition coefficient (Wildman–Crippen LogP) is 3.85. The number of benzene rings is 1. The van der Waals surface area contributed by atoms with Crippen molar-refractivity contribution in [2.45, 2.75) is 37.1 Å². The lowest BCUT2D eigenvalue weighted by atomic mass is 10.2. The van der Waals surface area contributed by atoms with Gasteiger partial charge in [0.25, 0.3) is 0 Å². The molecule has 2 rings (SSSR count). The van der Waals surface area contributed by atoms with E-state index in [1.807, 2.05) is 17.8 Å². The zero-order valence-corrected chi connectivity index (χ0v) is 11.5. The Kier molecular flexibility index (Phi) is 4.71. The largest absolute Gasteiger partial charge is 0.310 e. The third-order valence-corrected chi connectivity index (χ3v) is 4.85. The van der Waals surface area contributed by atoms with Crippen molar-refractivity contribution in [1.82, 2.24) is 5.32 Å². The quantitative estimate of drug-likeness (QED) is 0.894. The molecule has 1 nitrogen and oxygen atoms in total. The van der Waals surface area contributed by atoms with Gasteiger partial charge in [-0.15, -0.1) is 0 Å². The molecule has 1 aromatic carbocycles. The third kappa shape index (κ3) is 3.36. The molecule has 2 unspecified atom stereocenters. The van der Waals surface area contributed by atoms with E-state index in [9.17, 15) is 4.39 Å². The van der Waals surface area contributed by atoms with Crippen LogP contribution in [0.4, 0.5) is 4.39 Å². The van der Waals surface area contributed by atoms with Crippen LogP contribution in [0.5, 0.6) is 0 Å². The molecule has 0 aliphatic heterocycles. The second-order valence-corrected chi connectivity index (χ2v) is 5.98. The molecule has 0 heterocycles. The first-order chi connectivity index (χ1) is 8.20. The maximum absolute atomic E-state index is 13.2. The van der Waals surface area contributed by atoms with Crippen molar-refractivity contribution in [1.29, 1.82) is 0 Å². The SMILES string of the molecule is CSC1CCC(NCc2cccc(F)c2Cl)C1. The van der Waals surface area contributed by atoms with Crippen molar-refractivity contribution < 1.29 is 4.39 Å². The van der Waals surface area contributed by atoms with Crippen LogP contribution in [0.2, 0.25) is 5.02 Å². The van der Waals surface area contributed by atoms with Gasteiger partial charge in [0.1, 0.15) is 5.82 Å². The normalized spacial score (nSPS) is 24.2. The van der Waals surface area contributed by atoms with E-state index in [1.54, 1.807) is 6.07 Å². The first-order valence-electron chi connectivity index (χ1n) is 5.89. The summed E-state index contributed by atoms with van der Waals surface area (Å²) in [6.07, 6.45) is 5.85. The number of rotatable bonds is 4. The molecule has 4 heteroatoms. The Morgan fingerprint density at radius 1 is 1.47 bits per heavy atom. The second-order valence-electron chi connectivity index (χ2n) is 4.46. The average Bonchev–Trinajstić information content (AvgIpc) is 2.79. The molecule has 1 N–H and O–H groups in total. The Morgan fingerprint density at radius 3 is 3.00 bits per heavy atom. The van der Waals surface area contributed by atoms with E-state index in [4.69, 9.17) is 11.6 Å². The summed E-state index contributed by atoms with van der Waals surface area (Å²) < 4.78 is 13.2. The summed E-state index contributed by atoms with van der Waals surface area (Å²) in [6, 6.07) is 5.52. The lowest BCUT2D eigenvalue weighted by Crippen LogP contribution is -2.26. The van der Waals surface area contributed by atoms with E-state index in [0.717, 1.165) is 10.8 Å². The summed E-state index contributed by atoms with van der Waals surface area (Å²) in [5.74, 6) is -0.334. The van der Waals surface area contributed by atoms with Crippen LogP contribution in [0.1, 0.15) is 24.8 Å². The van der Waals surface area contributed by atoms with E-state index in [1.165, 1.54) is 25.3 Å². The van der Waals surface area contributed by atoms with Gasteiger partial charge in [0, 0.05) is 17.8 Å². The van der Waals surface area contributed by atoms with E-state index in [-0.39, 0.29) is 10.8 Å². The van der Waals surface area contributed by atoms with Crippen molar-refractivity contribution in [2.75, 3.05) is 6.26 Å². The molecule has 0 aromatic heterocycles. The molecule has 0 amide bonds. The van der Waals surface area contributed by atoms with Gasteiger partial charge in [-0.3, -0.25) is 0 Å². The first kappa shape index (κ1) is 13.2. The van der Waals surface area contributed by atoms with Crippen LogP contribution in [-0.2, 0) is 6.54 Å². The summed E-state index contributed by atoms with van der Waals surface area (Å²) in [5.41, 5.74) is 0.847. The minimum Gasteiger partial charge on any atom is -0.310 e. The molecule has 0 spiro atoms. The van der Waals surface area contributed by atoms with Gasteiger partial charge in [0.05, 0.1) is 5.02 Å². The summed E-state index contributed by atoms with van der Waals surface area (Å²) in [5, 5.41) is 4.49. The van der Waals surface area contributed by atoms with Gasteiger partial charge in [-0.05, 0) is 37.1 Å². The molecule has 2 atom stereocenters. The van der Waals surface area contributed by atoms with Crippen LogP contribution < -0.4 is 5.32 Å². The van der Waals surface area contributed by atoms with E-state index < -0.39 is 0 Å². The number of halogens is 2. The summed E-state index contributed by atoms with van der Waals surface area (Å²) in [7, 11) is 0. The number of hydrogen-bond acceptors (Lipinski definition) is 2. The van der Waals surface area contributed by atoms with E-state index >= 15 is 0 Å². The van der Waals surface area contributed by atoms with Crippen LogP contribution in [0.3, 0.4) is 0 Å². The van der Waals surface area contributed by atoms with E-state index in [0.29, 0.717) is 12.6 Å². The predicted molar refractivity (Wildman–Crippen MR) is 73.2 cm³/mol. The smallest absolute Gasteiger partial charge is 0.142 e. The van der Waals surface area contributed by atoms with Crippen molar-refractivity contribution in [3.05, 3.63) is 34.6 Å². The van der Waals surface area contributed by atoms with Crippen molar-refractivity contribution in [3.63, 3.8) is 0 Å². The molecule has 1 aromatic rings. The van der Waals surface area contributed by atoms with Gasteiger partial charge < -0.3 is 5.32 Å². The number of hydrogen-bond donors (Lipinski definition) is 1. The molecular formula is C13H17ClFNS. The minimum atomic E-state index is -0.334. The molecule has 94 valence electrons. The van der Waals surface area contributed by atoms with Crippen LogP contribution >= 0.6 is 23.4 Å². The van der Waals surface area contributed by atoms with Crippen LogP contribution in [0.25, 0.3) is 0 Å². The van der Waals surface area contributed by atoms with Gasteiger partial charge >= 0.3 is 0 Å². The first-order valence-corrected chi connectivity index (χ1v) is 7.56. The highest BCUT2D eigenvalue weighted by Crippen LogP contribution is 2.28. The Balaban J connectivity index is 1.88. The zero-order valence-electron chi connectivity index (χ0n) is 9.88. The second kappa shape index (κ2) is 6.07. The average molecular weight is 274 g/mol. The highest BCUT2D eigenvalue weighted by Gasteiger charge is 2.23. The Hall–Kier alpha value is -0.250. The third-order valence-electron chi connectivity index (χ3n) is 3.33. The molecule has 0 radical (unpaired) electrons. The molecule has 1 aliphatic carbocycles. The monoisotopic (exact) mass is 273 g/mol. The highest BCUT2D eigenvalue weighted by molar-refractivity contribution is 7.99. The van der Waals surface area contributed by atoms with Gasteiger partial charge in [-0.2, -0.15) is 11.8 Å². The standard InChI is InChI=1S/C13H17ClFNS/c1-17-11-6-5-10(7-11)16-8-9-3-2-4-12(15)13(9)14/h2-4,10-11,16H,5-8H2,1H3. The van der Waals surface area contributed by atoms with Crippen molar-refractivity contribution in [3.8, 4) is 0 Å². The van der Waals surface area contributed by atoms with E-state index in [2.05, 4.69) is 11.6 Å². The van der Waals surface area contributed by atoms with Crippen molar-refractivity contribution in [2.24, 2.45) is 0 Å². The molecule has 0 bridgehead atoms. The maximum Gasteiger partial charge on any atom is 0.142 e. The fourth-order valence-electron chi connectivity index (χ4n) is 2.28. The zero-order chi connectivity index (χ0) is 12.3. The maximum atomic E-state index is 13.2. The van der Waals surface area contributed by atoms with Gasteiger partial charge in [0.15, 0.2) is 0 Å². The Labute approximate surface area is 111 Å². The summed E-state index contributed by atoms with van der Waals surface area (Å²) >= 11 is 7.85. The van der Waals surface area contributed by atoms with Crippen LogP contribution in [0.15, 0.2) is 18.2 Å². The fourth-order valence-corrected chi connectivity index (χ4v) is 3.27. The van der Waals surface area contributed by atoms with Crippen LogP contribution in [0, 0.1) is 5.82 Å². The Morgan fingerprint density at radius 2 is 2.29 bits per heavy atom. The molecular weight excluding hydrogens is 257 g/mol. The molecule has 17 heavy (non-hydrogen) atoms. The van der Waals surface area contributed by atoms with Crippen LogP contribution in [-0.4, -0.2) is 17.5 Å². The minimum absolute atomic E-state index is 0.249. The lowest BCUT2D eigenvalue weighted by molar-refractivity contribution is 0.523. The highest BCUT2D eigenvalue weighted by atomic mass is 35.5. The summed E-state index contributed by atoms with van der Waals surface area (Å²) in [4.78, 5) is 0. The lowest BCUT2D eigenvalue weighted by Gasteiger charge is -2.13. The topological polar surface area (TPSA) is 12.0 Å². The van der Waals surface area contributed by atoms with Gasteiger partial charge in [-0.25, -0.2) is 4.39 Å². The fraction of sp³-hybridized carbons (Fsp3) is 0.538.